The lowest BCUT2D eigenvalue weighted by Crippen LogP contribution is -2.31. The van der Waals surface area contributed by atoms with Crippen molar-refractivity contribution in [3.63, 3.8) is 0 Å². The molecule has 78 valence electrons. The summed E-state index contributed by atoms with van der Waals surface area (Å²) in [6.45, 7) is 2.16. The van der Waals surface area contributed by atoms with Crippen molar-refractivity contribution >= 4 is 17.4 Å². The van der Waals surface area contributed by atoms with Gasteiger partial charge in [-0.1, -0.05) is 11.6 Å². The molecule has 0 aromatic heterocycles. The summed E-state index contributed by atoms with van der Waals surface area (Å²) in [4.78, 5) is 13.7. The minimum Gasteiger partial charge on any atom is -0.374 e. The number of halogens is 1. The maximum atomic E-state index is 11.4. The number of hydrogen-bond donors (Lipinski definition) is 0. The van der Waals surface area contributed by atoms with E-state index in [4.69, 9.17) is 11.6 Å². The minimum atomic E-state index is 0.137. The van der Waals surface area contributed by atoms with Crippen LogP contribution in [-0.2, 0) is 4.79 Å². The van der Waals surface area contributed by atoms with Crippen molar-refractivity contribution in [3.05, 3.63) is 10.7 Å². The zero-order valence-corrected chi connectivity index (χ0v) is 9.15. The molecule has 0 N–H and O–H groups in total. The number of Topliss-reactive ketones (excluding diaryl/α,β-unsaturated/α-hetero) is 1. The molecule has 0 bridgehead atoms. The van der Waals surface area contributed by atoms with Crippen molar-refractivity contribution in [2.24, 2.45) is 0 Å². The first-order valence-corrected chi connectivity index (χ1v) is 5.83. The summed E-state index contributed by atoms with van der Waals surface area (Å²) in [5.74, 6) is 0.137. The van der Waals surface area contributed by atoms with Crippen LogP contribution in [0.2, 0.25) is 0 Å². The highest BCUT2D eigenvalue weighted by Gasteiger charge is 2.23. The van der Waals surface area contributed by atoms with Crippen LogP contribution < -0.4 is 0 Å². The first-order valence-electron chi connectivity index (χ1n) is 5.46. The Morgan fingerprint density at radius 1 is 1.00 bits per heavy atom. The fourth-order valence-corrected chi connectivity index (χ4v) is 2.57. The average molecular weight is 214 g/mol. The van der Waals surface area contributed by atoms with Crippen molar-refractivity contribution in [2.45, 2.75) is 38.5 Å². The average Bonchev–Trinajstić information content (AvgIpc) is 2.23. The molecule has 2 nitrogen and oxygen atoms in total. The van der Waals surface area contributed by atoms with E-state index in [-0.39, 0.29) is 5.78 Å². The van der Waals surface area contributed by atoms with E-state index >= 15 is 0 Å². The first kappa shape index (κ1) is 10.0. The summed E-state index contributed by atoms with van der Waals surface area (Å²) in [5, 5.41) is 0.512. The molecule has 1 fully saturated rings. The van der Waals surface area contributed by atoms with Crippen LogP contribution in [0.15, 0.2) is 10.7 Å². The van der Waals surface area contributed by atoms with Gasteiger partial charge in [0.1, 0.15) is 5.03 Å². The van der Waals surface area contributed by atoms with Crippen molar-refractivity contribution in [3.8, 4) is 0 Å². The van der Waals surface area contributed by atoms with Gasteiger partial charge in [-0.2, -0.15) is 0 Å². The van der Waals surface area contributed by atoms with E-state index < -0.39 is 0 Å². The van der Waals surface area contributed by atoms with Crippen molar-refractivity contribution in [1.29, 1.82) is 0 Å². The smallest absolute Gasteiger partial charge is 0.175 e. The summed E-state index contributed by atoms with van der Waals surface area (Å²) in [6.07, 6.45) is 6.39. The SMILES string of the molecule is O=C1CCCC(N2CCCCC2)=C1Cl. The van der Waals surface area contributed by atoms with Gasteiger partial charge >= 0.3 is 0 Å². The van der Waals surface area contributed by atoms with Gasteiger partial charge in [0.2, 0.25) is 0 Å². The van der Waals surface area contributed by atoms with Crippen LogP contribution in [0.4, 0.5) is 0 Å². The maximum absolute atomic E-state index is 11.4. The summed E-state index contributed by atoms with van der Waals surface area (Å²) >= 11 is 6.05. The molecule has 0 spiro atoms. The van der Waals surface area contributed by atoms with Gasteiger partial charge in [-0.15, -0.1) is 0 Å². The number of allylic oxidation sites excluding steroid dienone is 2. The zero-order valence-electron chi connectivity index (χ0n) is 8.39. The monoisotopic (exact) mass is 213 g/mol. The van der Waals surface area contributed by atoms with Gasteiger partial charge in [-0.3, -0.25) is 4.79 Å². The molecule has 0 aromatic carbocycles. The molecule has 0 radical (unpaired) electrons. The number of likely N-dealkylation sites (tertiary alicyclic amines) is 1. The van der Waals surface area contributed by atoms with E-state index in [0.717, 1.165) is 31.6 Å². The highest BCUT2D eigenvalue weighted by Crippen LogP contribution is 2.29. The minimum absolute atomic E-state index is 0.137. The Morgan fingerprint density at radius 3 is 2.43 bits per heavy atom. The van der Waals surface area contributed by atoms with Gasteiger partial charge in [-0.05, 0) is 32.1 Å². The largest absolute Gasteiger partial charge is 0.374 e. The van der Waals surface area contributed by atoms with Crippen LogP contribution in [0, 0.1) is 0 Å². The van der Waals surface area contributed by atoms with E-state index in [0.29, 0.717) is 11.5 Å². The number of nitrogens with zero attached hydrogens (tertiary/aromatic N) is 1. The Morgan fingerprint density at radius 2 is 1.71 bits per heavy atom. The van der Waals surface area contributed by atoms with Crippen LogP contribution >= 0.6 is 11.6 Å². The molecule has 1 heterocycles. The van der Waals surface area contributed by atoms with E-state index in [9.17, 15) is 4.79 Å². The third-order valence-corrected chi connectivity index (χ3v) is 3.48. The molecule has 2 rings (SSSR count). The Labute approximate surface area is 89.9 Å². The van der Waals surface area contributed by atoms with Crippen LogP contribution in [0.3, 0.4) is 0 Å². The molecule has 1 aliphatic carbocycles. The van der Waals surface area contributed by atoms with Crippen LogP contribution in [0.25, 0.3) is 0 Å². The second kappa shape index (κ2) is 4.35. The van der Waals surface area contributed by atoms with Crippen LogP contribution in [0.1, 0.15) is 38.5 Å². The lowest BCUT2D eigenvalue weighted by atomic mass is 10.0. The molecule has 1 saturated heterocycles. The van der Waals surface area contributed by atoms with Gasteiger partial charge in [-0.25, -0.2) is 0 Å². The molecule has 0 aromatic rings. The van der Waals surface area contributed by atoms with Gasteiger partial charge in [0.05, 0.1) is 0 Å². The number of rotatable bonds is 1. The lowest BCUT2D eigenvalue weighted by molar-refractivity contribution is -0.115. The normalized spacial score (nSPS) is 24.4. The summed E-state index contributed by atoms with van der Waals surface area (Å²) < 4.78 is 0. The number of piperidine rings is 1. The highest BCUT2D eigenvalue weighted by molar-refractivity contribution is 6.43. The fourth-order valence-electron chi connectivity index (χ4n) is 2.26. The van der Waals surface area contributed by atoms with Crippen LogP contribution in [-0.4, -0.2) is 23.8 Å². The lowest BCUT2D eigenvalue weighted by Gasteiger charge is -2.33. The molecule has 0 saturated carbocycles. The molecular formula is C11H16ClNO. The van der Waals surface area contributed by atoms with Crippen molar-refractivity contribution in [1.82, 2.24) is 4.90 Å². The molecule has 0 amide bonds. The van der Waals surface area contributed by atoms with Gasteiger partial charge in [0.15, 0.2) is 5.78 Å². The quantitative estimate of drug-likeness (QED) is 0.668. The Balaban J connectivity index is 2.14. The third-order valence-electron chi connectivity index (χ3n) is 3.05. The van der Waals surface area contributed by atoms with Crippen LogP contribution in [0.5, 0.6) is 0 Å². The Kier molecular flexibility index (Phi) is 3.12. The van der Waals surface area contributed by atoms with Gasteiger partial charge < -0.3 is 4.90 Å². The van der Waals surface area contributed by atoms with E-state index in [1.807, 2.05) is 0 Å². The molecule has 1 aliphatic heterocycles. The highest BCUT2D eigenvalue weighted by atomic mass is 35.5. The summed E-state index contributed by atoms with van der Waals surface area (Å²) in [7, 11) is 0. The predicted molar refractivity (Wildman–Crippen MR) is 57.2 cm³/mol. The summed E-state index contributed by atoms with van der Waals surface area (Å²) in [5.41, 5.74) is 1.11. The van der Waals surface area contributed by atoms with E-state index in [1.54, 1.807) is 0 Å². The third kappa shape index (κ3) is 1.95. The molecule has 3 heteroatoms. The Bertz CT molecular complexity index is 266. The maximum Gasteiger partial charge on any atom is 0.175 e. The van der Waals surface area contributed by atoms with Gasteiger partial charge in [0.25, 0.3) is 0 Å². The summed E-state index contributed by atoms with van der Waals surface area (Å²) in [6, 6.07) is 0. The number of carbonyl (C=O) groups is 1. The molecule has 0 unspecified atom stereocenters. The molecular weight excluding hydrogens is 198 g/mol. The van der Waals surface area contributed by atoms with Crippen molar-refractivity contribution in [2.75, 3.05) is 13.1 Å². The number of carbonyl (C=O) groups excluding carboxylic acids is 1. The van der Waals surface area contributed by atoms with Gasteiger partial charge in [0, 0.05) is 25.2 Å². The second-order valence-corrected chi connectivity index (χ2v) is 4.46. The predicted octanol–water partition coefficient (Wildman–Crippen LogP) is 2.68. The van der Waals surface area contributed by atoms with E-state index in [2.05, 4.69) is 4.90 Å². The first-order chi connectivity index (χ1) is 6.79. The molecule has 2 aliphatic rings. The second-order valence-electron chi connectivity index (χ2n) is 4.09. The van der Waals surface area contributed by atoms with E-state index in [1.165, 1.54) is 19.3 Å². The standard InChI is InChI=1S/C11H16ClNO/c12-11-9(5-4-6-10(11)14)13-7-2-1-3-8-13/h1-8H2. The topological polar surface area (TPSA) is 20.3 Å². The molecule has 14 heavy (non-hydrogen) atoms. The number of ketones is 1. The fraction of sp³-hybridized carbons (Fsp3) is 0.727. The van der Waals surface area contributed by atoms with Crippen molar-refractivity contribution < 1.29 is 4.79 Å². The Hall–Kier alpha value is -0.500. The zero-order chi connectivity index (χ0) is 9.97. The number of hydrogen-bond acceptors (Lipinski definition) is 2. The molecule has 0 atom stereocenters.